The number of aliphatic hydroxyl groups excluding tert-OH is 1. The summed E-state index contributed by atoms with van der Waals surface area (Å²) in [5.74, 6) is -2.96. The first-order valence-electron chi connectivity index (χ1n) is 19.0. The summed E-state index contributed by atoms with van der Waals surface area (Å²) in [5, 5.41) is 13.2. The maximum absolute atomic E-state index is 14.6. The van der Waals surface area contributed by atoms with Gasteiger partial charge >= 0.3 is 6.09 Å². The van der Waals surface area contributed by atoms with E-state index >= 15 is 0 Å². The van der Waals surface area contributed by atoms with E-state index in [-0.39, 0.29) is 25.1 Å². The predicted molar refractivity (Wildman–Crippen MR) is 206 cm³/mol. The molecule has 10 nitrogen and oxygen atoms in total. The fraction of sp³-hybridized carbons (Fsp3) is 0.512. The second-order valence-corrected chi connectivity index (χ2v) is 16.7. The molecule has 3 aromatic carbocycles. The number of benzene rings is 3. The SMILES string of the molecule is CCCC(CCC)S(=O)(=O)CC(NC(=O)O[C@@H]1CCN(Cc2ccccc2)C1)C(=O)N(Cc1cccc(CC)c1)C[C@@H](O)[C@@H](N)Cc1cc(F)cc(F)c1. The first-order chi connectivity index (χ1) is 25.8. The van der Waals surface area contributed by atoms with Gasteiger partial charge in [0.05, 0.1) is 17.1 Å². The molecule has 1 unspecified atom stereocenters. The highest BCUT2D eigenvalue weighted by molar-refractivity contribution is 7.92. The third-order valence-electron chi connectivity index (χ3n) is 9.85. The zero-order valence-corrected chi connectivity index (χ0v) is 32.4. The summed E-state index contributed by atoms with van der Waals surface area (Å²) in [6.07, 6.45) is 0.525. The van der Waals surface area contributed by atoms with Crippen LogP contribution in [0.5, 0.6) is 0 Å². The van der Waals surface area contributed by atoms with E-state index in [2.05, 4.69) is 10.2 Å². The highest BCUT2D eigenvalue weighted by Gasteiger charge is 2.37. The molecule has 54 heavy (non-hydrogen) atoms. The van der Waals surface area contributed by atoms with E-state index in [1.54, 1.807) is 0 Å². The van der Waals surface area contributed by atoms with Crippen molar-refractivity contribution in [3.05, 3.63) is 107 Å². The molecule has 0 aliphatic carbocycles. The molecule has 1 saturated heterocycles. The van der Waals surface area contributed by atoms with Gasteiger partial charge in [0.1, 0.15) is 23.8 Å². The van der Waals surface area contributed by atoms with Gasteiger partial charge in [-0.05, 0) is 66.5 Å². The van der Waals surface area contributed by atoms with Gasteiger partial charge in [-0.25, -0.2) is 22.0 Å². The van der Waals surface area contributed by atoms with Gasteiger partial charge in [0.15, 0.2) is 9.84 Å². The Morgan fingerprint density at radius 1 is 0.944 bits per heavy atom. The lowest BCUT2D eigenvalue weighted by Crippen LogP contribution is -2.55. The predicted octanol–water partition coefficient (Wildman–Crippen LogP) is 5.54. The number of sulfone groups is 1. The Labute approximate surface area is 319 Å². The van der Waals surface area contributed by atoms with Crippen LogP contribution in [0.1, 0.15) is 75.1 Å². The van der Waals surface area contributed by atoms with Gasteiger partial charge in [-0.1, -0.05) is 88.2 Å². The maximum atomic E-state index is 14.6. The smallest absolute Gasteiger partial charge is 0.408 e. The Hall–Kier alpha value is -3.91. The van der Waals surface area contributed by atoms with Crippen LogP contribution in [0.15, 0.2) is 72.8 Å². The summed E-state index contributed by atoms with van der Waals surface area (Å²) in [6.45, 7) is 7.28. The number of nitrogens with one attached hydrogen (secondary N) is 1. The van der Waals surface area contributed by atoms with Crippen molar-refractivity contribution in [1.29, 1.82) is 0 Å². The van der Waals surface area contributed by atoms with Crippen molar-refractivity contribution >= 4 is 21.8 Å². The lowest BCUT2D eigenvalue weighted by Gasteiger charge is -2.32. The zero-order chi connectivity index (χ0) is 39.3. The summed E-state index contributed by atoms with van der Waals surface area (Å²) >= 11 is 0. The molecule has 296 valence electrons. The van der Waals surface area contributed by atoms with Crippen molar-refractivity contribution in [2.45, 2.75) is 108 Å². The van der Waals surface area contributed by atoms with Crippen LogP contribution < -0.4 is 11.1 Å². The van der Waals surface area contributed by atoms with Crippen LogP contribution in [0.25, 0.3) is 0 Å². The number of alkyl carbamates (subject to hydrolysis) is 1. The minimum absolute atomic E-state index is 0.0251. The summed E-state index contributed by atoms with van der Waals surface area (Å²) in [6, 6.07) is 17.9. The minimum atomic E-state index is -3.90. The van der Waals surface area contributed by atoms with Gasteiger partial charge < -0.3 is 25.8 Å². The van der Waals surface area contributed by atoms with Crippen molar-refractivity contribution in [3.63, 3.8) is 0 Å². The van der Waals surface area contributed by atoms with Crippen molar-refractivity contribution in [3.8, 4) is 0 Å². The second-order valence-electron chi connectivity index (χ2n) is 14.4. The van der Waals surface area contributed by atoms with Crippen LogP contribution >= 0.6 is 0 Å². The molecule has 4 N–H and O–H groups in total. The lowest BCUT2D eigenvalue weighted by atomic mass is 10.0. The van der Waals surface area contributed by atoms with Gasteiger partial charge in [0.25, 0.3) is 0 Å². The third kappa shape index (κ3) is 13.1. The van der Waals surface area contributed by atoms with Crippen molar-refractivity contribution < 1.29 is 36.6 Å². The number of hydrogen-bond donors (Lipinski definition) is 3. The van der Waals surface area contributed by atoms with E-state index in [9.17, 15) is 31.9 Å². The molecule has 1 heterocycles. The molecule has 1 aliphatic rings. The second kappa shape index (κ2) is 20.7. The molecule has 0 spiro atoms. The number of ether oxygens (including phenoxy) is 1. The molecule has 4 atom stereocenters. The monoisotopic (exact) mass is 770 g/mol. The van der Waals surface area contributed by atoms with Crippen molar-refractivity contribution in [1.82, 2.24) is 15.1 Å². The van der Waals surface area contributed by atoms with Gasteiger partial charge in [0.2, 0.25) is 5.91 Å². The average Bonchev–Trinajstić information content (AvgIpc) is 3.56. The molecule has 0 radical (unpaired) electrons. The highest BCUT2D eigenvalue weighted by atomic mass is 32.2. The van der Waals surface area contributed by atoms with Crippen molar-refractivity contribution in [2.24, 2.45) is 5.73 Å². The number of likely N-dealkylation sites (tertiary alicyclic amines) is 1. The van der Waals surface area contributed by atoms with Crippen LogP contribution in [-0.4, -0.2) is 90.3 Å². The normalized spacial score (nSPS) is 16.6. The van der Waals surface area contributed by atoms with E-state index in [4.69, 9.17) is 10.5 Å². The van der Waals surface area contributed by atoms with Crippen LogP contribution in [0.3, 0.4) is 0 Å². The molecule has 1 fully saturated rings. The van der Waals surface area contributed by atoms with Gasteiger partial charge in [0, 0.05) is 44.8 Å². The first-order valence-corrected chi connectivity index (χ1v) is 20.7. The molecule has 0 aromatic heterocycles. The van der Waals surface area contributed by atoms with Crippen LogP contribution in [-0.2, 0) is 45.3 Å². The quantitative estimate of drug-likeness (QED) is 0.136. The Balaban J connectivity index is 1.58. The lowest BCUT2D eigenvalue weighted by molar-refractivity contribution is -0.135. The summed E-state index contributed by atoms with van der Waals surface area (Å²) in [4.78, 5) is 31.5. The molecule has 3 aromatic rings. The van der Waals surface area contributed by atoms with E-state index in [1.807, 2.05) is 75.4 Å². The molecule has 4 rings (SSSR count). The van der Waals surface area contributed by atoms with Crippen LogP contribution in [0.4, 0.5) is 13.6 Å². The summed E-state index contributed by atoms with van der Waals surface area (Å²) in [7, 11) is -3.90. The zero-order valence-electron chi connectivity index (χ0n) is 31.6. The Morgan fingerprint density at radius 3 is 2.24 bits per heavy atom. The Morgan fingerprint density at radius 2 is 1.59 bits per heavy atom. The molecule has 13 heteroatoms. The van der Waals surface area contributed by atoms with E-state index in [0.717, 1.165) is 41.3 Å². The fourth-order valence-corrected chi connectivity index (χ4v) is 9.17. The van der Waals surface area contributed by atoms with E-state index in [1.165, 1.54) is 4.90 Å². The highest BCUT2D eigenvalue weighted by Crippen LogP contribution is 2.21. The number of carbonyl (C=O) groups excluding carboxylic acids is 2. The van der Waals surface area contributed by atoms with E-state index < -0.39 is 68.8 Å². The fourth-order valence-electron chi connectivity index (χ4n) is 7.02. The number of amides is 2. The molecule has 0 bridgehead atoms. The number of carbonyl (C=O) groups is 2. The minimum Gasteiger partial charge on any atom is -0.445 e. The first kappa shape index (κ1) is 42.8. The summed E-state index contributed by atoms with van der Waals surface area (Å²) < 4.78 is 61.5. The van der Waals surface area contributed by atoms with Crippen molar-refractivity contribution in [2.75, 3.05) is 25.4 Å². The molecule has 2 amide bonds. The average molecular weight is 771 g/mol. The molecule has 1 aliphatic heterocycles. The Bertz CT molecular complexity index is 1740. The molecular formula is C41H56F2N4O6S. The number of rotatable bonds is 20. The third-order valence-corrected chi connectivity index (χ3v) is 12.1. The maximum Gasteiger partial charge on any atom is 0.408 e. The number of nitrogens with two attached hydrogens (primary N) is 1. The van der Waals surface area contributed by atoms with Gasteiger partial charge in [-0.15, -0.1) is 0 Å². The Kier molecular flexibility index (Phi) is 16.4. The number of aryl methyl sites for hydroxylation is 1. The number of nitrogens with zero attached hydrogens (tertiary/aromatic N) is 2. The number of aliphatic hydroxyl groups is 1. The number of hydrogen-bond acceptors (Lipinski definition) is 8. The van der Waals surface area contributed by atoms with Gasteiger partial charge in [-0.2, -0.15) is 0 Å². The number of halogens is 2. The standard InChI is InChI=1S/C41H56F2N4O6S/c1-4-11-36(12-5-2)54(51,52)28-38(45-41(50)53-35-17-18-46(26-35)24-30-13-8-7-9-14-30)40(49)47(25-31-16-10-15-29(6-3)19-31)27-39(48)37(44)22-32-20-33(42)23-34(43)21-32/h7-10,13-16,19-21,23,35-39,48H,4-6,11-12,17-18,22,24-28,44H2,1-3H3,(H,45,50)/t35-,37+,38?,39-/m1/s1. The molecule has 0 saturated carbocycles. The van der Waals surface area contributed by atoms with E-state index in [0.29, 0.717) is 51.7 Å². The van der Waals surface area contributed by atoms with Gasteiger partial charge in [-0.3, -0.25) is 9.69 Å². The summed E-state index contributed by atoms with van der Waals surface area (Å²) in [5.41, 5.74) is 9.41. The largest absolute Gasteiger partial charge is 0.445 e. The van der Waals surface area contributed by atoms with Crippen LogP contribution in [0.2, 0.25) is 0 Å². The topological polar surface area (TPSA) is 142 Å². The molecular weight excluding hydrogens is 715 g/mol. The van der Waals surface area contributed by atoms with Crippen LogP contribution in [0, 0.1) is 11.6 Å².